The third kappa shape index (κ3) is 8.27. The number of alkyl halides is 2. The average Bonchev–Trinajstić information content (AvgIpc) is 2.51. The number of anilines is 1. The second kappa shape index (κ2) is 9.62. The Morgan fingerprint density at radius 1 is 1.12 bits per heavy atom. The normalized spacial score (nSPS) is 12.5. The zero-order valence-electron chi connectivity index (χ0n) is 13.5. The molecule has 0 atom stereocenters. The highest BCUT2D eigenvalue weighted by Gasteiger charge is 2.29. The summed E-state index contributed by atoms with van der Waals surface area (Å²) in [4.78, 5) is -0.258. The summed E-state index contributed by atoms with van der Waals surface area (Å²) in [5, 5.41) is 0. The molecule has 0 aliphatic rings. The zero-order valence-corrected chi connectivity index (χ0v) is 16.0. The fourth-order valence-corrected chi connectivity index (χ4v) is 3.95. The van der Waals surface area contributed by atoms with Crippen LogP contribution in [-0.4, -0.2) is 41.6 Å². The van der Waals surface area contributed by atoms with Gasteiger partial charge in [-0.2, -0.15) is 0 Å². The Balaban J connectivity index is 0.00000576. The number of benzene rings is 1. The van der Waals surface area contributed by atoms with Gasteiger partial charge in [0.25, 0.3) is 5.92 Å². The van der Waals surface area contributed by atoms with Gasteiger partial charge in [0.15, 0.2) is 0 Å². The molecule has 0 spiro atoms. The first-order valence-corrected chi connectivity index (χ1v) is 10.3. The van der Waals surface area contributed by atoms with Crippen LogP contribution in [0.2, 0.25) is 0 Å². The van der Waals surface area contributed by atoms with E-state index in [1.165, 1.54) is 12.1 Å². The van der Waals surface area contributed by atoms with Crippen LogP contribution in [-0.2, 0) is 20.0 Å². The molecule has 146 valence electrons. The van der Waals surface area contributed by atoms with Gasteiger partial charge in [0, 0.05) is 5.69 Å². The number of nitrogens with one attached hydrogen (secondary N) is 2. The van der Waals surface area contributed by atoms with Gasteiger partial charge in [-0.25, -0.2) is 30.3 Å². The molecule has 0 aliphatic carbocycles. The van der Waals surface area contributed by atoms with E-state index in [0.717, 1.165) is 18.6 Å². The molecule has 1 aromatic carbocycles. The highest BCUT2D eigenvalue weighted by Crippen LogP contribution is 2.17. The highest BCUT2D eigenvalue weighted by molar-refractivity contribution is 7.92. The molecule has 0 bridgehead atoms. The largest absolute Gasteiger partial charge is 0.325 e. The maximum atomic E-state index is 13.0. The highest BCUT2D eigenvalue weighted by atomic mass is 35.5. The molecule has 1 rings (SSSR count). The average molecular weight is 422 g/mol. The SMILES string of the molecule is CCCCS(=O)(=O)Nc1ccc(S(=O)(=O)NCC(F)(F)CN)cc1.Cl. The number of nitrogens with two attached hydrogens (primary N) is 1. The van der Waals surface area contributed by atoms with Gasteiger partial charge < -0.3 is 5.73 Å². The Kier molecular flexibility index (Phi) is 9.23. The van der Waals surface area contributed by atoms with Crippen LogP contribution >= 0.6 is 12.4 Å². The maximum Gasteiger partial charge on any atom is 0.273 e. The summed E-state index contributed by atoms with van der Waals surface area (Å²) in [5.74, 6) is -3.39. The predicted molar refractivity (Wildman–Crippen MR) is 95.2 cm³/mol. The molecule has 1 aromatic rings. The van der Waals surface area contributed by atoms with Gasteiger partial charge in [-0.3, -0.25) is 4.72 Å². The fraction of sp³-hybridized carbons (Fsp3) is 0.538. The number of halogens is 3. The lowest BCUT2D eigenvalue weighted by atomic mass is 10.3. The summed E-state index contributed by atoms with van der Waals surface area (Å²) in [6.07, 6.45) is 1.22. The van der Waals surface area contributed by atoms with Gasteiger partial charge in [0.05, 0.1) is 23.7 Å². The summed E-state index contributed by atoms with van der Waals surface area (Å²) >= 11 is 0. The van der Waals surface area contributed by atoms with Crippen molar-refractivity contribution in [2.45, 2.75) is 30.6 Å². The monoisotopic (exact) mass is 421 g/mol. The van der Waals surface area contributed by atoms with Crippen LogP contribution in [0.25, 0.3) is 0 Å². The van der Waals surface area contributed by atoms with E-state index in [4.69, 9.17) is 5.73 Å². The standard InChI is InChI=1S/C13H21F2N3O4S2.ClH/c1-2-3-8-23(19,20)18-11-4-6-12(7-5-11)24(21,22)17-10-13(14,15)9-16;/h4-7,17-18H,2-3,8-10,16H2,1H3;1H. The summed E-state index contributed by atoms with van der Waals surface area (Å²) in [6.45, 7) is -0.235. The van der Waals surface area contributed by atoms with E-state index >= 15 is 0 Å². The second-order valence-electron chi connectivity index (χ2n) is 5.18. The Morgan fingerprint density at radius 2 is 1.68 bits per heavy atom. The van der Waals surface area contributed by atoms with E-state index in [1.54, 1.807) is 4.72 Å². The number of hydrogen-bond donors (Lipinski definition) is 3. The first kappa shape index (κ1) is 24.0. The molecular formula is C13H22ClF2N3O4S2. The fourth-order valence-electron chi connectivity index (χ4n) is 1.62. The Hall–Kier alpha value is -1.01. The lowest BCUT2D eigenvalue weighted by molar-refractivity contribution is 0.0170. The van der Waals surface area contributed by atoms with Crippen molar-refractivity contribution in [3.8, 4) is 0 Å². The van der Waals surface area contributed by atoms with Crippen LogP contribution < -0.4 is 15.2 Å². The minimum atomic E-state index is -4.14. The molecule has 0 radical (unpaired) electrons. The van der Waals surface area contributed by atoms with Gasteiger partial charge in [-0.05, 0) is 30.7 Å². The van der Waals surface area contributed by atoms with Gasteiger partial charge in [-0.1, -0.05) is 13.3 Å². The third-order valence-corrected chi connectivity index (χ3v) is 5.81. The molecule has 12 heteroatoms. The molecule has 0 aliphatic heterocycles. The Morgan fingerprint density at radius 3 is 2.16 bits per heavy atom. The van der Waals surface area contributed by atoms with Crippen molar-refractivity contribution in [3.05, 3.63) is 24.3 Å². The molecule has 0 heterocycles. The van der Waals surface area contributed by atoms with E-state index in [-0.39, 0.29) is 28.7 Å². The minimum absolute atomic E-state index is 0. The van der Waals surface area contributed by atoms with Crippen LogP contribution in [0.4, 0.5) is 14.5 Å². The summed E-state index contributed by atoms with van der Waals surface area (Å²) in [5.41, 5.74) is 5.03. The summed E-state index contributed by atoms with van der Waals surface area (Å²) in [7, 11) is -7.65. The summed E-state index contributed by atoms with van der Waals surface area (Å²) < 4.78 is 77.4. The molecule has 25 heavy (non-hydrogen) atoms. The quantitative estimate of drug-likeness (QED) is 0.529. The molecule has 0 amide bonds. The predicted octanol–water partition coefficient (Wildman–Crippen LogP) is 1.52. The van der Waals surface area contributed by atoms with Gasteiger partial charge >= 0.3 is 0 Å². The zero-order chi connectivity index (χ0) is 18.4. The van der Waals surface area contributed by atoms with Crippen molar-refractivity contribution < 1.29 is 25.6 Å². The van der Waals surface area contributed by atoms with Gasteiger partial charge in [0.2, 0.25) is 20.0 Å². The van der Waals surface area contributed by atoms with Crippen molar-refractivity contribution in [1.29, 1.82) is 0 Å². The van der Waals surface area contributed by atoms with Crippen LogP contribution in [0.1, 0.15) is 19.8 Å². The number of rotatable bonds is 10. The van der Waals surface area contributed by atoms with Crippen molar-refractivity contribution >= 4 is 38.1 Å². The van der Waals surface area contributed by atoms with Gasteiger partial charge in [0.1, 0.15) is 0 Å². The Bertz CT molecular complexity index is 741. The molecular weight excluding hydrogens is 400 g/mol. The van der Waals surface area contributed by atoms with Crippen molar-refractivity contribution in [2.24, 2.45) is 5.73 Å². The molecule has 4 N–H and O–H groups in total. The lowest BCUT2D eigenvalue weighted by Crippen LogP contribution is -2.41. The molecule has 0 saturated heterocycles. The van der Waals surface area contributed by atoms with Crippen molar-refractivity contribution in [3.63, 3.8) is 0 Å². The number of sulfonamides is 2. The van der Waals surface area contributed by atoms with Crippen molar-refractivity contribution in [1.82, 2.24) is 4.72 Å². The smallest absolute Gasteiger partial charge is 0.273 e. The van der Waals surface area contributed by atoms with Crippen LogP contribution in [0.15, 0.2) is 29.2 Å². The molecule has 7 nitrogen and oxygen atoms in total. The first-order chi connectivity index (χ1) is 11.0. The van der Waals surface area contributed by atoms with Crippen LogP contribution in [0.5, 0.6) is 0 Å². The van der Waals surface area contributed by atoms with E-state index < -0.39 is 39.1 Å². The molecule has 0 unspecified atom stereocenters. The lowest BCUT2D eigenvalue weighted by Gasteiger charge is -2.15. The molecule has 0 aromatic heterocycles. The van der Waals surface area contributed by atoms with E-state index in [0.29, 0.717) is 6.42 Å². The van der Waals surface area contributed by atoms with Gasteiger partial charge in [-0.15, -0.1) is 12.4 Å². The minimum Gasteiger partial charge on any atom is -0.325 e. The number of unbranched alkanes of at least 4 members (excludes halogenated alkanes) is 1. The third-order valence-electron chi connectivity index (χ3n) is 3.02. The Labute approximate surface area is 152 Å². The maximum absolute atomic E-state index is 13.0. The van der Waals surface area contributed by atoms with E-state index in [1.807, 2.05) is 6.92 Å². The van der Waals surface area contributed by atoms with Crippen molar-refractivity contribution in [2.75, 3.05) is 23.6 Å². The first-order valence-electron chi connectivity index (χ1n) is 7.19. The van der Waals surface area contributed by atoms with E-state index in [2.05, 4.69) is 4.72 Å². The van der Waals surface area contributed by atoms with Crippen LogP contribution in [0, 0.1) is 0 Å². The second-order valence-corrected chi connectivity index (χ2v) is 8.79. The van der Waals surface area contributed by atoms with Crippen LogP contribution in [0.3, 0.4) is 0 Å². The van der Waals surface area contributed by atoms with E-state index in [9.17, 15) is 25.6 Å². The summed E-state index contributed by atoms with van der Waals surface area (Å²) in [6, 6.07) is 4.75. The topological polar surface area (TPSA) is 118 Å². The molecule has 0 saturated carbocycles. The number of hydrogen-bond acceptors (Lipinski definition) is 5. The molecule has 0 fully saturated rings.